The fourth-order valence-electron chi connectivity index (χ4n) is 1.52. The number of carbonyl (C=O) groups is 1. The number of aromatic amines is 1. The lowest BCUT2D eigenvalue weighted by atomic mass is 10.2. The lowest BCUT2D eigenvalue weighted by molar-refractivity contribution is 0.250. The quantitative estimate of drug-likeness (QED) is 0.700. The molecule has 3 N–H and O–H groups in total. The van der Waals surface area contributed by atoms with Crippen molar-refractivity contribution in [1.29, 1.82) is 0 Å². The van der Waals surface area contributed by atoms with Gasteiger partial charge in [0.15, 0.2) is 0 Å². The normalized spacial score (nSPS) is 10.1. The molecular weight excluding hydrogens is 258 g/mol. The lowest BCUT2D eigenvalue weighted by Crippen LogP contribution is -2.30. The minimum atomic E-state index is -0.322. The van der Waals surface area contributed by atoms with E-state index < -0.39 is 0 Å². The average Bonchev–Trinajstić information content (AvgIpc) is 2.93. The molecule has 0 aliphatic rings. The van der Waals surface area contributed by atoms with Crippen molar-refractivity contribution in [2.45, 2.75) is 13.3 Å². The Morgan fingerprint density at radius 3 is 2.85 bits per heavy atom. The van der Waals surface area contributed by atoms with E-state index >= 15 is 0 Å². The van der Waals surface area contributed by atoms with Crippen molar-refractivity contribution in [3.05, 3.63) is 36.2 Å². The van der Waals surface area contributed by atoms with E-state index in [2.05, 4.69) is 25.8 Å². The van der Waals surface area contributed by atoms with Crippen molar-refractivity contribution in [3.63, 3.8) is 0 Å². The molecule has 2 amide bonds. The number of hydrogen-bond donors (Lipinski definition) is 3. The fourth-order valence-corrected chi connectivity index (χ4v) is 1.52. The van der Waals surface area contributed by atoms with Gasteiger partial charge in [-0.15, -0.1) is 0 Å². The number of nitrogens with one attached hydrogen (secondary N) is 3. The van der Waals surface area contributed by atoms with Crippen LogP contribution in [-0.2, 0) is 0 Å². The summed E-state index contributed by atoms with van der Waals surface area (Å²) in [6, 6.07) is 7.53. The summed E-state index contributed by atoms with van der Waals surface area (Å²) in [5.74, 6) is 1.15. The van der Waals surface area contributed by atoms with Crippen LogP contribution >= 0.6 is 0 Å². The summed E-state index contributed by atoms with van der Waals surface area (Å²) in [4.78, 5) is 15.2. The van der Waals surface area contributed by atoms with Crippen LogP contribution < -0.4 is 15.4 Å². The van der Waals surface area contributed by atoms with Crippen molar-refractivity contribution >= 4 is 12.0 Å². The molecular formula is C13H17N5O2. The first-order chi connectivity index (χ1) is 9.74. The largest absolute Gasteiger partial charge is 0.494 e. The van der Waals surface area contributed by atoms with Crippen molar-refractivity contribution < 1.29 is 9.53 Å². The van der Waals surface area contributed by atoms with Crippen molar-refractivity contribution in [3.8, 4) is 5.75 Å². The second-order valence-electron chi connectivity index (χ2n) is 4.23. The van der Waals surface area contributed by atoms with Crippen LogP contribution in [0.25, 0.3) is 0 Å². The van der Waals surface area contributed by atoms with Gasteiger partial charge in [-0.25, -0.2) is 9.89 Å². The Hall–Kier alpha value is -2.57. The third-order valence-electron chi connectivity index (χ3n) is 2.54. The Morgan fingerprint density at radius 1 is 1.35 bits per heavy atom. The van der Waals surface area contributed by atoms with E-state index in [1.807, 2.05) is 31.2 Å². The molecule has 0 unspecified atom stereocenters. The molecule has 0 saturated carbocycles. The SMILES string of the molecule is Cc1ccc(OCCCNC(=O)Nc2ncn[nH]2)cc1. The molecule has 0 saturated heterocycles. The zero-order valence-electron chi connectivity index (χ0n) is 11.2. The monoisotopic (exact) mass is 275 g/mol. The highest BCUT2D eigenvalue weighted by atomic mass is 16.5. The number of ether oxygens (including phenoxy) is 1. The number of urea groups is 1. The summed E-state index contributed by atoms with van der Waals surface area (Å²) in [6.45, 7) is 3.10. The number of aryl methyl sites for hydroxylation is 1. The minimum absolute atomic E-state index is 0.318. The molecule has 1 heterocycles. The topological polar surface area (TPSA) is 91.9 Å². The number of nitrogens with zero attached hydrogens (tertiary/aromatic N) is 2. The molecule has 0 aliphatic heterocycles. The van der Waals surface area contributed by atoms with E-state index in [0.717, 1.165) is 12.2 Å². The minimum Gasteiger partial charge on any atom is -0.494 e. The van der Waals surface area contributed by atoms with Crippen LogP contribution in [0.15, 0.2) is 30.6 Å². The molecule has 106 valence electrons. The molecule has 0 spiro atoms. The number of hydrogen-bond acceptors (Lipinski definition) is 4. The van der Waals surface area contributed by atoms with Crippen molar-refractivity contribution in [1.82, 2.24) is 20.5 Å². The van der Waals surface area contributed by atoms with Crippen molar-refractivity contribution in [2.75, 3.05) is 18.5 Å². The number of benzene rings is 1. The van der Waals surface area contributed by atoms with Crippen LogP contribution in [0.1, 0.15) is 12.0 Å². The average molecular weight is 275 g/mol. The van der Waals surface area contributed by atoms with Crippen LogP contribution in [0.4, 0.5) is 10.7 Å². The molecule has 0 atom stereocenters. The fraction of sp³-hybridized carbons (Fsp3) is 0.308. The smallest absolute Gasteiger partial charge is 0.321 e. The van der Waals surface area contributed by atoms with E-state index in [0.29, 0.717) is 19.1 Å². The van der Waals surface area contributed by atoms with Gasteiger partial charge in [-0.05, 0) is 25.5 Å². The Balaban J connectivity index is 1.57. The molecule has 0 radical (unpaired) electrons. The van der Waals surface area contributed by atoms with Gasteiger partial charge in [-0.2, -0.15) is 10.1 Å². The van der Waals surface area contributed by atoms with Gasteiger partial charge in [0.05, 0.1) is 6.61 Å². The summed E-state index contributed by atoms with van der Waals surface area (Å²) < 4.78 is 5.55. The van der Waals surface area contributed by atoms with Gasteiger partial charge in [-0.3, -0.25) is 5.32 Å². The summed E-state index contributed by atoms with van der Waals surface area (Å²) >= 11 is 0. The van der Waals surface area contributed by atoms with E-state index in [9.17, 15) is 4.79 Å². The van der Waals surface area contributed by atoms with Gasteiger partial charge in [0.2, 0.25) is 5.95 Å². The maximum Gasteiger partial charge on any atom is 0.321 e. The van der Waals surface area contributed by atoms with Crippen LogP contribution in [0.2, 0.25) is 0 Å². The molecule has 0 aliphatic carbocycles. The zero-order valence-corrected chi connectivity index (χ0v) is 11.2. The molecule has 0 fully saturated rings. The van der Waals surface area contributed by atoms with Crippen LogP contribution in [0, 0.1) is 6.92 Å². The molecule has 2 rings (SSSR count). The zero-order chi connectivity index (χ0) is 14.2. The molecule has 20 heavy (non-hydrogen) atoms. The van der Waals surface area contributed by atoms with Crippen LogP contribution in [-0.4, -0.2) is 34.4 Å². The molecule has 7 heteroatoms. The highest BCUT2D eigenvalue weighted by Gasteiger charge is 2.02. The first-order valence-electron chi connectivity index (χ1n) is 6.34. The van der Waals surface area contributed by atoms with Gasteiger partial charge in [0.25, 0.3) is 0 Å². The van der Waals surface area contributed by atoms with E-state index in [1.165, 1.54) is 11.9 Å². The third kappa shape index (κ3) is 4.60. The van der Waals surface area contributed by atoms with Gasteiger partial charge in [0.1, 0.15) is 12.1 Å². The summed E-state index contributed by atoms with van der Waals surface area (Å²) in [7, 11) is 0. The predicted molar refractivity (Wildman–Crippen MR) is 74.7 cm³/mol. The number of aromatic nitrogens is 3. The standard InChI is InChI=1S/C13H17N5O2/c1-10-3-5-11(6-4-10)20-8-2-7-14-13(19)17-12-15-9-16-18-12/h3-6,9H,2,7-8H2,1H3,(H3,14,15,16,17,18,19). The second-order valence-corrected chi connectivity index (χ2v) is 4.23. The van der Waals surface area contributed by atoms with Crippen LogP contribution in [0.5, 0.6) is 5.75 Å². The number of amides is 2. The van der Waals surface area contributed by atoms with Gasteiger partial charge in [-0.1, -0.05) is 17.7 Å². The van der Waals surface area contributed by atoms with Gasteiger partial charge < -0.3 is 10.1 Å². The molecule has 2 aromatic rings. The van der Waals surface area contributed by atoms with Crippen molar-refractivity contribution in [2.24, 2.45) is 0 Å². The molecule has 7 nitrogen and oxygen atoms in total. The van der Waals surface area contributed by atoms with E-state index in [1.54, 1.807) is 0 Å². The highest BCUT2D eigenvalue weighted by molar-refractivity contribution is 5.87. The Morgan fingerprint density at radius 2 is 2.15 bits per heavy atom. The Bertz CT molecular complexity index is 524. The number of carbonyl (C=O) groups excluding carboxylic acids is 1. The van der Waals surface area contributed by atoms with Gasteiger partial charge in [0, 0.05) is 6.54 Å². The summed E-state index contributed by atoms with van der Waals surface area (Å²) in [5.41, 5.74) is 1.20. The van der Waals surface area contributed by atoms with E-state index in [4.69, 9.17) is 4.74 Å². The number of anilines is 1. The molecule has 1 aromatic carbocycles. The highest BCUT2D eigenvalue weighted by Crippen LogP contribution is 2.11. The Labute approximate surface area is 116 Å². The van der Waals surface area contributed by atoms with Gasteiger partial charge >= 0.3 is 6.03 Å². The predicted octanol–water partition coefficient (Wildman–Crippen LogP) is 1.70. The first-order valence-corrected chi connectivity index (χ1v) is 6.34. The maximum absolute atomic E-state index is 11.4. The first kappa shape index (κ1) is 13.9. The lowest BCUT2D eigenvalue weighted by Gasteiger charge is -2.07. The maximum atomic E-state index is 11.4. The number of rotatable bonds is 6. The molecule has 1 aromatic heterocycles. The second kappa shape index (κ2) is 7.13. The Kier molecular flexibility index (Phi) is 4.94. The molecule has 0 bridgehead atoms. The summed E-state index contributed by atoms with van der Waals surface area (Å²) in [6.07, 6.45) is 2.04. The number of H-pyrrole nitrogens is 1. The third-order valence-corrected chi connectivity index (χ3v) is 2.54. The summed E-state index contributed by atoms with van der Waals surface area (Å²) in [5, 5.41) is 11.4. The van der Waals surface area contributed by atoms with E-state index in [-0.39, 0.29) is 6.03 Å². The van der Waals surface area contributed by atoms with Crippen LogP contribution in [0.3, 0.4) is 0 Å².